The maximum absolute atomic E-state index is 11.8. The third-order valence-electron chi connectivity index (χ3n) is 3.02. The molecule has 0 spiro atoms. The molecule has 1 heterocycles. The van der Waals surface area contributed by atoms with Crippen LogP contribution in [-0.4, -0.2) is 57.4 Å². The Hall–Kier alpha value is -0.650. The van der Waals surface area contributed by atoms with Gasteiger partial charge in [-0.3, -0.25) is 4.79 Å². The number of amides is 1. The van der Waals surface area contributed by atoms with Gasteiger partial charge in [0.25, 0.3) is 0 Å². The van der Waals surface area contributed by atoms with Crippen molar-refractivity contribution in [1.82, 2.24) is 4.90 Å². The Bertz CT molecular complexity index is 218. The minimum absolute atomic E-state index is 0.147. The lowest BCUT2D eigenvalue weighted by atomic mass is 10.00. The first-order valence-corrected chi connectivity index (χ1v) is 6.33. The van der Waals surface area contributed by atoms with E-state index in [1.807, 2.05) is 11.9 Å². The first-order valence-electron chi connectivity index (χ1n) is 6.33. The molecule has 5 heteroatoms. The summed E-state index contributed by atoms with van der Waals surface area (Å²) in [5, 5.41) is 0. The second kappa shape index (κ2) is 8.44. The van der Waals surface area contributed by atoms with Gasteiger partial charge in [0.05, 0.1) is 19.6 Å². The van der Waals surface area contributed by atoms with Crippen LogP contribution in [0.25, 0.3) is 0 Å². The van der Waals surface area contributed by atoms with Crippen LogP contribution < -0.4 is 5.73 Å². The van der Waals surface area contributed by atoms with Gasteiger partial charge >= 0.3 is 0 Å². The van der Waals surface area contributed by atoms with Crippen molar-refractivity contribution in [2.75, 3.05) is 46.6 Å². The van der Waals surface area contributed by atoms with Crippen LogP contribution in [0.2, 0.25) is 0 Å². The predicted octanol–water partition coefficient (Wildman–Crippen LogP) is 0.237. The summed E-state index contributed by atoms with van der Waals surface area (Å²) >= 11 is 0. The van der Waals surface area contributed by atoms with Crippen LogP contribution in [0.5, 0.6) is 0 Å². The highest BCUT2D eigenvalue weighted by molar-refractivity contribution is 5.75. The van der Waals surface area contributed by atoms with E-state index in [0.717, 1.165) is 32.6 Å². The zero-order valence-corrected chi connectivity index (χ0v) is 10.7. The van der Waals surface area contributed by atoms with E-state index in [1.165, 1.54) is 0 Å². The van der Waals surface area contributed by atoms with Crippen molar-refractivity contribution >= 4 is 5.91 Å². The molecule has 0 aromatic heterocycles. The largest absolute Gasteiger partial charge is 0.381 e. The highest BCUT2D eigenvalue weighted by Crippen LogP contribution is 2.15. The van der Waals surface area contributed by atoms with Gasteiger partial charge in [-0.2, -0.15) is 0 Å². The fourth-order valence-corrected chi connectivity index (χ4v) is 1.95. The Labute approximate surface area is 103 Å². The maximum atomic E-state index is 11.8. The fraction of sp³-hybridized carbons (Fsp3) is 0.917. The van der Waals surface area contributed by atoms with Gasteiger partial charge in [0, 0.05) is 33.4 Å². The lowest BCUT2D eigenvalue weighted by molar-refractivity contribution is -0.132. The molecule has 0 bridgehead atoms. The monoisotopic (exact) mass is 244 g/mol. The molecule has 0 aromatic rings. The number of hydrogen-bond donors (Lipinski definition) is 1. The number of nitrogens with zero attached hydrogens (tertiary/aromatic N) is 1. The molecule has 0 saturated carbocycles. The van der Waals surface area contributed by atoms with Crippen LogP contribution in [0, 0.1) is 5.92 Å². The Morgan fingerprint density at radius 3 is 2.76 bits per heavy atom. The minimum Gasteiger partial charge on any atom is -0.381 e. The summed E-state index contributed by atoms with van der Waals surface area (Å²) in [7, 11) is 1.86. The fourth-order valence-electron chi connectivity index (χ4n) is 1.95. The topological polar surface area (TPSA) is 64.8 Å². The second-order valence-corrected chi connectivity index (χ2v) is 4.48. The van der Waals surface area contributed by atoms with E-state index in [2.05, 4.69) is 0 Å². The molecule has 1 fully saturated rings. The van der Waals surface area contributed by atoms with Crippen molar-refractivity contribution in [1.29, 1.82) is 0 Å². The normalized spacial score (nSPS) is 17.1. The zero-order chi connectivity index (χ0) is 12.5. The molecule has 0 unspecified atom stereocenters. The lowest BCUT2D eigenvalue weighted by Gasteiger charge is -2.27. The van der Waals surface area contributed by atoms with Crippen LogP contribution >= 0.6 is 0 Å². The molecular formula is C12H24N2O3. The average Bonchev–Trinajstić information content (AvgIpc) is 2.35. The first kappa shape index (κ1) is 14.4. The van der Waals surface area contributed by atoms with Gasteiger partial charge in [-0.1, -0.05) is 0 Å². The number of carbonyl (C=O) groups is 1. The maximum Gasteiger partial charge on any atom is 0.224 e. The van der Waals surface area contributed by atoms with E-state index in [-0.39, 0.29) is 5.91 Å². The van der Waals surface area contributed by atoms with Gasteiger partial charge in [0.2, 0.25) is 5.91 Å². The second-order valence-electron chi connectivity index (χ2n) is 4.48. The Balaban J connectivity index is 2.12. The van der Waals surface area contributed by atoms with E-state index < -0.39 is 0 Å². The standard InChI is InChI=1S/C12H24N2O3/c1-14(10-11-2-6-16-7-3-11)12(15)4-8-17-9-5-13/h11H,2-10,13H2,1H3. The van der Waals surface area contributed by atoms with E-state index in [4.69, 9.17) is 15.2 Å². The highest BCUT2D eigenvalue weighted by Gasteiger charge is 2.18. The van der Waals surface area contributed by atoms with Crippen molar-refractivity contribution < 1.29 is 14.3 Å². The van der Waals surface area contributed by atoms with Gasteiger partial charge in [-0.25, -0.2) is 0 Å². The Kier molecular flexibility index (Phi) is 7.16. The molecule has 2 N–H and O–H groups in total. The molecule has 1 rings (SSSR count). The molecule has 1 saturated heterocycles. The molecular weight excluding hydrogens is 220 g/mol. The summed E-state index contributed by atoms with van der Waals surface area (Å²) in [6.45, 7) is 3.98. The number of carbonyl (C=O) groups excluding carboxylic acids is 1. The molecule has 0 atom stereocenters. The van der Waals surface area contributed by atoms with E-state index in [1.54, 1.807) is 0 Å². The minimum atomic E-state index is 0.147. The van der Waals surface area contributed by atoms with Gasteiger partial charge in [-0.05, 0) is 18.8 Å². The lowest BCUT2D eigenvalue weighted by Crippen LogP contribution is -2.34. The number of ether oxygens (including phenoxy) is 2. The average molecular weight is 244 g/mol. The van der Waals surface area contributed by atoms with Crippen molar-refractivity contribution in [3.8, 4) is 0 Å². The SMILES string of the molecule is CN(CC1CCOCC1)C(=O)CCOCCN. The van der Waals surface area contributed by atoms with Crippen LogP contribution in [0.3, 0.4) is 0 Å². The van der Waals surface area contributed by atoms with Gasteiger partial charge in [-0.15, -0.1) is 0 Å². The Morgan fingerprint density at radius 2 is 2.12 bits per heavy atom. The number of rotatable bonds is 7. The third-order valence-corrected chi connectivity index (χ3v) is 3.02. The van der Waals surface area contributed by atoms with E-state index in [9.17, 15) is 4.79 Å². The zero-order valence-electron chi connectivity index (χ0n) is 10.7. The summed E-state index contributed by atoms with van der Waals surface area (Å²) < 4.78 is 10.5. The van der Waals surface area contributed by atoms with Crippen molar-refractivity contribution in [3.63, 3.8) is 0 Å². The van der Waals surface area contributed by atoms with Crippen LogP contribution in [-0.2, 0) is 14.3 Å². The Morgan fingerprint density at radius 1 is 1.41 bits per heavy atom. The van der Waals surface area contributed by atoms with Crippen molar-refractivity contribution in [2.24, 2.45) is 11.7 Å². The molecule has 5 nitrogen and oxygen atoms in total. The van der Waals surface area contributed by atoms with Gasteiger partial charge in [0.1, 0.15) is 0 Å². The highest BCUT2D eigenvalue weighted by atomic mass is 16.5. The van der Waals surface area contributed by atoms with Gasteiger partial charge in [0.15, 0.2) is 0 Å². The summed E-state index contributed by atoms with van der Waals surface area (Å²) in [6.07, 6.45) is 2.56. The van der Waals surface area contributed by atoms with E-state index in [0.29, 0.717) is 32.1 Å². The quantitative estimate of drug-likeness (QED) is 0.651. The van der Waals surface area contributed by atoms with Crippen LogP contribution in [0.1, 0.15) is 19.3 Å². The van der Waals surface area contributed by atoms with Crippen molar-refractivity contribution in [2.45, 2.75) is 19.3 Å². The summed E-state index contributed by atoms with van der Waals surface area (Å²) in [5.41, 5.74) is 5.30. The van der Waals surface area contributed by atoms with Crippen LogP contribution in [0.4, 0.5) is 0 Å². The number of nitrogens with two attached hydrogens (primary N) is 1. The molecule has 1 aliphatic heterocycles. The molecule has 0 aromatic carbocycles. The van der Waals surface area contributed by atoms with Crippen molar-refractivity contribution in [3.05, 3.63) is 0 Å². The molecule has 1 aliphatic rings. The summed E-state index contributed by atoms with van der Waals surface area (Å²) in [5.74, 6) is 0.733. The first-order chi connectivity index (χ1) is 8.24. The predicted molar refractivity (Wildman–Crippen MR) is 65.7 cm³/mol. The molecule has 0 radical (unpaired) electrons. The van der Waals surface area contributed by atoms with Gasteiger partial charge < -0.3 is 20.1 Å². The molecule has 1 amide bonds. The molecule has 17 heavy (non-hydrogen) atoms. The molecule has 0 aliphatic carbocycles. The van der Waals surface area contributed by atoms with E-state index >= 15 is 0 Å². The summed E-state index contributed by atoms with van der Waals surface area (Å²) in [6, 6.07) is 0. The van der Waals surface area contributed by atoms with Crippen LogP contribution in [0.15, 0.2) is 0 Å². The third kappa shape index (κ3) is 6.00. The smallest absolute Gasteiger partial charge is 0.224 e. The summed E-state index contributed by atoms with van der Waals surface area (Å²) in [4.78, 5) is 13.6. The molecule has 100 valence electrons. The number of hydrogen-bond acceptors (Lipinski definition) is 4.